The van der Waals surface area contributed by atoms with Crippen molar-refractivity contribution in [1.82, 2.24) is 19.8 Å². The zero-order chi connectivity index (χ0) is 26.3. The number of likely N-dealkylation sites (tertiary alicyclic amines) is 1. The third-order valence-corrected chi connectivity index (χ3v) is 7.91. The van der Waals surface area contributed by atoms with E-state index in [0.717, 1.165) is 66.5 Å². The Kier molecular flexibility index (Phi) is 6.88. The highest BCUT2D eigenvalue weighted by atomic mass is 19.4. The average Bonchev–Trinajstić information content (AvgIpc) is 3.48. The molecule has 2 aromatic heterocycles. The Labute approximate surface area is 216 Å². The number of hydrogen-bond acceptors (Lipinski definition) is 4. The van der Waals surface area contributed by atoms with Crippen LogP contribution in [0.4, 0.5) is 18.9 Å². The normalized spacial score (nSPS) is 20.5. The molecule has 0 saturated carbocycles. The first-order valence-electron chi connectivity index (χ1n) is 13.0. The van der Waals surface area contributed by atoms with Crippen molar-refractivity contribution in [2.45, 2.75) is 58.8 Å². The summed E-state index contributed by atoms with van der Waals surface area (Å²) in [5, 5.41) is 4.28. The third-order valence-electron chi connectivity index (χ3n) is 7.91. The number of aromatic nitrogens is 2. The van der Waals surface area contributed by atoms with Gasteiger partial charge in [-0.1, -0.05) is 13.5 Å². The molecule has 196 valence electrons. The van der Waals surface area contributed by atoms with Gasteiger partial charge in [0.05, 0.1) is 17.1 Å². The van der Waals surface area contributed by atoms with E-state index in [1.165, 1.54) is 17.2 Å². The van der Waals surface area contributed by atoms with Crippen molar-refractivity contribution in [2.75, 3.05) is 19.6 Å². The Morgan fingerprint density at radius 3 is 2.81 bits per heavy atom. The minimum absolute atomic E-state index is 0.307. The number of fused-ring (bicyclic) bond motifs is 2. The van der Waals surface area contributed by atoms with E-state index in [9.17, 15) is 13.2 Å². The van der Waals surface area contributed by atoms with Crippen molar-refractivity contribution >= 4 is 28.1 Å². The van der Waals surface area contributed by atoms with Gasteiger partial charge < -0.3 is 14.8 Å². The van der Waals surface area contributed by atoms with Gasteiger partial charge in [0, 0.05) is 36.4 Å². The second-order valence-corrected chi connectivity index (χ2v) is 10.3. The molecule has 0 radical (unpaired) electrons. The van der Waals surface area contributed by atoms with Gasteiger partial charge in [0.2, 0.25) is 0 Å². The van der Waals surface area contributed by atoms with Crippen LogP contribution in [0.25, 0.3) is 16.7 Å². The molecule has 2 atom stereocenters. The second-order valence-electron chi connectivity index (χ2n) is 10.3. The van der Waals surface area contributed by atoms with E-state index >= 15 is 0 Å². The quantitative estimate of drug-likeness (QED) is 0.399. The van der Waals surface area contributed by atoms with Gasteiger partial charge in [0.15, 0.2) is 0 Å². The number of nitrogens with zero attached hydrogens (tertiary/aromatic N) is 4. The summed E-state index contributed by atoms with van der Waals surface area (Å²) in [5.41, 5.74) is 6.20. The average molecular weight is 510 g/mol. The topological polar surface area (TPSA) is 45.5 Å². The molecule has 0 bridgehead atoms. The molecule has 0 aliphatic carbocycles. The number of piperidine rings is 1. The van der Waals surface area contributed by atoms with Crippen molar-refractivity contribution in [3.05, 3.63) is 65.5 Å². The fourth-order valence-electron chi connectivity index (χ4n) is 5.83. The van der Waals surface area contributed by atoms with E-state index in [4.69, 9.17) is 4.99 Å². The molecule has 2 unspecified atom stereocenters. The number of benzene rings is 1. The Morgan fingerprint density at radius 2 is 2.05 bits per heavy atom. The molecule has 2 aliphatic heterocycles. The summed E-state index contributed by atoms with van der Waals surface area (Å²) in [4.78, 5) is 11.5. The van der Waals surface area contributed by atoms with Crippen molar-refractivity contribution in [3.63, 3.8) is 0 Å². The minimum Gasteiger partial charge on any atom is -0.370 e. The lowest BCUT2D eigenvalue weighted by Gasteiger charge is -2.37. The highest BCUT2D eigenvalue weighted by Gasteiger charge is 2.33. The van der Waals surface area contributed by atoms with E-state index in [1.54, 1.807) is 25.1 Å². The van der Waals surface area contributed by atoms with E-state index in [2.05, 4.69) is 34.8 Å². The number of hydrogen-bond donors (Lipinski definition) is 1. The predicted octanol–water partition coefficient (Wildman–Crippen LogP) is 6.26. The van der Waals surface area contributed by atoms with Gasteiger partial charge in [-0.2, -0.15) is 13.2 Å². The van der Waals surface area contributed by atoms with E-state index < -0.39 is 12.7 Å². The van der Waals surface area contributed by atoms with Gasteiger partial charge in [-0.25, -0.2) is 4.98 Å². The number of pyridine rings is 1. The van der Waals surface area contributed by atoms with Crippen LogP contribution >= 0.6 is 0 Å². The van der Waals surface area contributed by atoms with Crippen molar-refractivity contribution in [3.8, 4) is 0 Å². The number of nitrogens with one attached hydrogen (secondary N) is 1. The molecule has 5 nitrogen and oxygen atoms in total. The van der Waals surface area contributed by atoms with Gasteiger partial charge in [0.25, 0.3) is 0 Å². The fourth-order valence-corrected chi connectivity index (χ4v) is 5.83. The third kappa shape index (κ3) is 5.17. The van der Waals surface area contributed by atoms with E-state index in [1.807, 2.05) is 13.0 Å². The summed E-state index contributed by atoms with van der Waals surface area (Å²) in [6.45, 7) is 12.2. The SMILES string of the molecule is C=C(c1cc(CC)c(C)c(/N=C(\C)c2cc3cccnc3n2CC(F)(F)F)c1)N1CCC2CCNC2C1. The fraction of sp³-hybridized carbons (Fsp3) is 0.448. The summed E-state index contributed by atoms with van der Waals surface area (Å²) in [6.07, 6.45) is 0.379. The summed E-state index contributed by atoms with van der Waals surface area (Å²) in [5.74, 6) is 0.744. The molecule has 37 heavy (non-hydrogen) atoms. The Balaban J connectivity index is 1.52. The summed E-state index contributed by atoms with van der Waals surface area (Å²) in [7, 11) is 0. The zero-order valence-corrected chi connectivity index (χ0v) is 21.7. The number of alkyl halides is 3. The van der Waals surface area contributed by atoms with Crippen LogP contribution in [0.3, 0.4) is 0 Å². The van der Waals surface area contributed by atoms with Crippen LogP contribution in [0, 0.1) is 12.8 Å². The van der Waals surface area contributed by atoms with Crippen LogP contribution in [0.2, 0.25) is 0 Å². The maximum Gasteiger partial charge on any atom is 0.406 e. The maximum atomic E-state index is 13.5. The lowest BCUT2D eigenvalue weighted by Crippen LogP contribution is -2.45. The van der Waals surface area contributed by atoms with Crippen LogP contribution in [-0.2, 0) is 13.0 Å². The van der Waals surface area contributed by atoms with E-state index in [0.29, 0.717) is 28.5 Å². The van der Waals surface area contributed by atoms with Crippen LogP contribution in [0.1, 0.15) is 49.1 Å². The van der Waals surface area contributed by atoms with Gasteiger partial charge in [-0.05, 0) is 92.6 Å². The van der Waals surface area contributed by atoms with Crippen LogP contribution in [0.15, 0.2) is 48.1 Å². The van der Waals surface area contributed by atoms with Crippen molar-refractivity contribution in [2.24, 2.45) is 10.9 Å². The lowest BCUT2D eigenvalue weighted by atomic mass is 9.91. The molecule has 2 fully saturated rings. The number of halogens is 3. The highest BCUT2D eigenvalue weighted by molar-refractivity contribution is 6.03. The Morgan fingerprint density at radius 1 is 1.24 bits per heavy atom. The van der Waals surface area contributed by atoms with Gasteiger partial charge in [-0.3, -0.25) is 4.99 Å². The minimum atomic E-state index is -4.37. The van der Waals surface area contributed by atoms with Gasteiger partial charge in [0.1, 0.15) is 12.2 Å². The number of rotatable bonds is 6. The molecule has 3 aromatic rings. The first-order chi connectivity index (χ1) is 17.6. The smallest absolute Gasteiger partial charge is 0.370 e. The van der Waals surface area contributed by atoms with Crippen LogP contribution in [-0.4, -0.2) is 52.0 Å². The maximum absolute atomic E-state index is 13.5. The molecule has 2 saturated heterocycles. The highest BCUT2D eigenvalue weighted by Crippen LogP contribution is 2.34. The molecular weight excluding hydrogens is 475 g/mol. The molecular formula is C29H34F3N5. The predicted molar refractivity (Wildman–Crippen MR) is 143 cm³/mol. The van der Waals surface area contributed by atoms with Crippen LogP contribution < -0.4 is 5.32 Å². The Hall–Kier alpha value is -3.13. The van der Waals surface area contributed by atoms with Crippen molar-refractivity contribution < 1.29 is 13.2 Å². The lowest BCUT2D eigenvalue weighted by molar-refractivity contribution is -0.140. The van der Waals surface area contributed by atoms with Crippen molar-refractivity contribution in [1.29, 1.82) is 0 Å². The standard InChI is InChI=1S/C29H34F3N5/c1-5-21-13-24(20(4)36-12-9-22-8-11-33-26(22)16-36)14-25(18(21)2)35-19(3)27-15-23-7-6-10-34-28(23)37(27)17-29(30,31)32/h6-7,10,13-15,22,26,33H,4-5,8-9,11-12,16-17H2,1-3H3/b35-19+. The van der Waals surface area contributed by atoms with Gasteiger partial charge in [-0.15, -0.1) is 0 Å². The first kappa shape index (κ1) is 25.5. The summed E-state index contributed by atoms with van der Waals surface area (Å²) < 4.78 is 41.6. The molecule has 0 amide bonds. The molecule has 2 aliphatic rings. The Bertz CT molecular complexity index is 1350. The monoisotopic (exact) mass is 509 g/mol. The summed E-state index contributed by atoms with van der Waals surface area (Å²) >= 11 is 0. The zero-order valence-electron chi connectivity index (χ0n) is 21.7. The van der Waals surface area contributed by atoms with E-state index in [-0.39, 0.29) is 0 Å². The molecule has 8 heteroatoms. The first-order valence-corrected chi connectivity index (χ1v) is 13.0. The van der Waals surface area contributed by atoms with Gasteiger partial charge >= 0.3 is 6.18 Å². The number of aryl methyl sites for hydroxylation is 1. The molecule has 1 aromatic carbocycles. The number of aliphatic imine (C=N–C) groups is 1. The molecule has 5 rings (SSSR count). The summed E-state index contributed by atoms with van der Waals surface area (Å²) in [6, 6.07) is 9.97. The second kappa shape index (κ2) is 9.97. The molecule has 1 N–H and O–H groups in total. The molecule has 0 spiro atoms. The van der Waals surface area contributed by atoms with Crippen LogP contribution in [0.5, 0.6) is 0 Å². The molecule has 4 heterocycles. The largest absolute Gasteiger partial charge is 0.406 e.